The maximum atomic E-state index is 13.8. The van der Waals surface area contributed by atoms with Gasteiger partial charge in [0.25, 0.3) is 0 Å². The number of hydrogen-bond acceptors (Lipinski definition) is 7. The summed E-state index contributed by atoms with van der Waals surface area (Å²) in [6.07, 6.45) is -0.362. The second-order valence-corrected chi connectivity index (χ2v) is 6.02. The summed E-state index contributed by atoms with van der Waals surface area (Å²) in [5.41, 5.74) is 1.41. The monoisotopic (exact) mass is 385 g/mol. The van der Waals surface area contributed by atoms with E-state index in [2.05, 4.69) is 15.5 Å². The molecule has 0 aliphatic rings. The molecule has 1 amide bonds. The molecule has 1 aromatic carbocycles. The van der Waals surface area contributed by atoms with Gasteiger partial charge >= 0.3 is 13.2 Å². The Hall–Kier alpha value is -3.24. The first kappa shape index (κ1) is 19.5. The zero-order valence-electron chi connectivity index (χ0n) is 15.1. The van der Waals surface area contributed by atoms with Crippen LogP contribution in [-0.2, 0) is 4.74 Å². The van der Waals surface area contributed by atoms with Crippen molar-refractivity contribution in [1.82, 2.24) is 10.1 Å². The summed E-state index contributed by atoms with van der Waals surface area (Å²) in [6.45, 7) is 3.18. The fraction of sp³-hybridized carbons (Fsp3) is 0.167. The number of hydrogen-bond donors (Lipinski definition) is 3. The van der Waals surface area contributed by atoms with E-state index in [4.69, 9.17) is 19.3 Å². The van der Waals surface area contributed by atoms with Crippen LogP contribution in [0, 0.1) is 12.7 Å². The molecule has 0 bridgehead atoms. The van der Waals surface area contributed by atoms with Gasteiger partial charge in [0, 0.05) is 17.2 Å². The lowest BCUT2D eigenvalue weighted by atomic mass is 9.81. The Morgan fingerprint density at radius 3 is 2.68 bits per heavy atom. The highest BCUT2D eigenvalue weighted by Crippen LogP contribution is 2.30. The van der Waals surface area contributed by atoms with E-state index < -0.39 is 25.1 Å². The molecule has 2 aromatic heterocycles. The van der Waals surface area contributed by atoms with Crippen molar-refractivity contribution in [3.05, 3.63) is 59.7 Å². The molecule has 3 rings (SSSR count). The lowest BCUT2D eigenvalue weighted by molar-refractivity contribution is 0.119. The molecule has 0 aliphatic carbocycles. The second kappa shape index (κ2) is 8.20. The van der Waals surface area contributed by atoms with E-state index >= 15 is 0 Å². The molecule has 0 fully saturated rings. The Bertz CT molecular complexity index is 978. The number of aryl methyl sites for hydroxylation is 1. The lowest BCUT2D eigenvalue weighted by Crippen LogP contribution is -2.29. The summed E-state index contributed by atoms with van der Waals surface area (Å²) in [6, 6.07) is 8.96. The number of rotatable bonds is 5. The highest BCUT2D eigenvalue weighted by Gasteiger charge is 2.22. The third-order valence-corrected chi connectivity index (χ3v) is 4.03. The molecule has 1 unspecified atom stereocenters. The fourth-order valence-electron chi connectivity index (χ4n) is 2.54. The smallest absolute Gasteiger partial charge is 0.441 e. The van der Waals surface area contributed by atoms with Gasteiger partial charge in [-0.1, -0.05) is 29.4 Å². The molecule has 3 aromatic rings. The number of pyridine rings is 1. The standard InChI is InChI=1S/C18H17BFN3O5/c1-10-16(17(28-23-10)15-8-7-12(9-21-15)19(25)26)22-18(24)27-11(2)13-5-3-4-6-14(13)20/h3-9,11,25-26H,1-2H3,(H,22,24). The Morgan fingerprint density at radius 1 is 1.29 bits per heavy atom. The summed E-state index contributed by atoms with van der Waals surface area (Å²) >= 11 is 0. The minimum atomic E-state index is -1.65. The molecule has 10 heteroatoms. The molecule has 0 saturated heterocycles. The molecule has 3 N–H and O–H groups in total. The maximum absolute atomic E-state index is 13.8. The average molecular weight is 385 g/mol. The minimum Gasteiger partial charge on any atom is -0.441 e. The van der Waals surface area contributed by atoms with E-state index in [1.807, 2.05) is 0 Å². The number of amides is 1. The Balaban J connectivity index is 1.76. The Kier molecular flexibility index (Phi) is 5.71. The number of nitrogens with zero attached hydrogens (tertiary/aromatic N) is 2. The van der Waals surface area contributed by atoms with Gasteiger partial charge < -0.3 is 19.3 Å². The molecule has 1 atom stereocenters. The van der Waals surface area contributed by atoms with Crippen molar-refractivity contribution in [2.45, 2.75) is 20.0 Å². The van der Waals surface area contributed by atoms with E-state index in [0.29, 0.717) is 11.4 Å². The highest BCUT2D eigenvalue weighted by molar-refractivity contribution is 6.58. The van der Waals surface area contributed by atoms with Crippen LogP contribution in [0.1, 0.15) is 24.3 Å². The van der Waals surface area contributed by atoms with Crippen LogP contribution in [0.15, 0.2) is 47.1 Å². The normalized spacial score (nSPS) is 11.8. The largest absolute Gasteiger partial charge is 0.490 e. The third-order valence-electron chi connectivity index (χ3n) is 4.03. The van der Waals surface area contributed by atoms with Gasteiger partial charge in [-0.25, -0.2) is 9.18 Å². The predicted octanol–water partition coefficient (Wildman–Crippen LogP) is 2.17. The van der Waals surface area contributed by atoms with Crippen LogP contribution in [0.5, 0.6) is 0 Å². The number of ether oxygens (including phenoxy) is 1. The number of nitrogens with one attached hydrogen (secondary N) is 1. The molecule has 0 aliphatic heterocycles. The summed E-state index contributed by atoms with van der Waals surface area (Å²) in [5, 5.41) is 24.6. The minimum absolute atomic E-state index is 0.173. The van der Waals surface area contributed by atoms with Gasteiger partial charge in [0.2, 0.25) is 5.76 Å². The average Bonchev–Trinajstić information content (AvgIpc) is 3.02. The first-order chi connectivity index (χ1) is 13.4. The van der Waals surface area contributed by atoms with Crippen LogP contribution < -0.4 is 10.8 Å². The number of carbonyl (C=O) groups excluding carboxylic acids is 1. The number of aromatic nitrogens is 2. The molecular weight excluding hydrogens is 368 g/mol. The van der Waals surface area contributed by atoms with Crippen molar-refractivity contribution in [3.63, 3.8) is 0 Å². The van der Waals surface area contributed by atoms with Crippen molar-refractivity contribution in [2.75, 3.05) is 5.32 Å². The molecule has 0 saturated carbocycles. The van der Waals surface area contributed by atoms with Gasteiger partial charge in [-0.15, -0.1) is 0 Å². The molecule has 144 valence electrons. The molecule has 28 heavy (non-hydrogen) atoms. The zero-order chi connectivity index (χ0) is 20.3. The van der Waals surface area contributed by atoms with Crippen LogP contribution in [0.4, 0.5) is 14.9 Å². The van der Waals surface area contributed by atoms with Crippen LogP contribution in [0.3, 0.4) is 0 Å². The molecule has 0 spiro atoms. The number of halogens is 1. The van der Waals surface area contributed by atoms with Crippen LogP contribution in [0.2, 0.25) is 0 Å². The first-order valence-electron chi connectivity index (χ1n) is 8.37. The van der Waals surface area contributed by atoms with Crippen LogP contribution in [0.25, 0.3) is 11.5 Å². The van der Waals surface area contributed by atoms with Crippen LogP contribution >= 0.6 is 0 Å². The summed E-state index contributed by atoms with van der Waals surface area (Å²) in [4.78, 5) is 16.3. The summed E-state index contributed by atoms with van der Waals surface area (Å²) in [5.74, 6) is -0.299. The second-order valence-electron chi connectivity index (χ2n) is 6.02. The molecule has 2 heterocycles. The summed E-state index contributed by atoms with van der Waals surface area (Å²) < 4.78 is 24.3. The third kappa shape index (κ3) is 4.18. The Morgan fingerprint density at radius 2 is 2.04 bits per heavy atom. The van der Waals surface area contributed by atoms with Gasteiger partial charge in [-0.3, -0.25) is 10.3 Å². The van der Waals surface area contributed by atoms with Gasteiger partial charge in [0.1, 0.15) is 29.0 Å². The SMILES string of the molecule is Cc1noc(-c2ccc(B(O)O)cn2)c1NC(=O)OC(C)c1ccccc1F. The van der Waals surface area contributed by atoms with Crippen molar-refractivity contribution >= 4 is 24.4 Å². The number of anilines is 1. The quantitative estimate of drug-likeness (QED) is 0.576. The van der Waals surface area contributed by atoms with Gasteiger partial charge in [-0.2, -0.15) is 0 Å². The first-order valence-corrected chi connectivity index (χ1v) is 8.37. The van der Waals surface area contributed by atoms with Gasteiger partial charge in [0.15, 0.2) is 0 Å². The van der Waals surface area contributed by atoms with Gasteiger partial charge in [0.05, 0.1) is 0 Å². The Labute approximate surface area is 160 Å². The van der Waals surface area contributed by atoms with Gasteiger partial charge in [-0.05, 0) is 26.0 Å². The fourth-order valence-corrected chi connectivity index (χ4v) is 2.54. The topological polar surface area (TPSA) is 118 Å². The molecule has 8 nitrogen and oxygen atoms in total. The van der Waals surface area contributed by atoms with E-state index in [-0.39, 0.29) is 22.5 Å². The van der Waals surface area contributed by atoms with E-state index in [1.165, 1.54) is 30.5 Å². The molecule has 0 radical (unpaired) electrons. The van der Waals surface area contributed by atoms with Crippen molar-refractivity contribution in [2.24, 2.45) is 0 Å². The molecular formula is C18H17BFN3O5. The van der Waals surface area contributed by atoms with Crippen LogP contribution in [-0.4, -0.2) is 33.4 Å². The van der Waals surface area contributed by atoms with E-state index in [9.17, 15) is 9.18 Å². The van der Waals surface area contributed by atoms with Crippen molar-refractivity contribution < 1.29 is 28.5 Å². The predicted molar refractivity (Wildman–Crippen MR) is 99.2 cm³/mol. The van der Waals surface area contributed by atoms with E-state index in [0.717, 1.165) is 0 Å². The zero-order valence-corrected chi connectivity index (χ0v) is 15.1. The van der Waals surface area contributed by atoms with Crippen molar-refractivity contribution in [1.29, 1.82) is 0 Å². The highest BCUT2D eigenvalue weighted by atomic mass is 19.1. The lowest BCUT2D eigenvalue weighted by Gasteiger charge is -2.15. The number of carbonyl (C=O) groups is 1. The maximum Gasteiger partial charge on any atom is 0.490 e. The number of benzene rings is 1. The van der Waals surface area contributed by atoms with E-state index in [1.54, 1.807) is 26.0 Å². The summed E-state index contributed by atoms with van der Waals surface area (Å²) in [7, 11) is -1.65. The van der Waals surface area contributed by atoms with Crippen molar-refractivity contribution in [3.8, 4) is 11.5 Å².